The van der Waals surface area contributed by atoms with Crippen molar-refractivity contribution in [1.29, 1.82) is 0 Å². The second-order valence-electron chi connectivity index (χ2n) is 7.78. The molecule has 1 amide bonds. The third kappa shape index (κ3) is 8.03. The molecule has 0 radical (unpaired) electrons. The molecule has 8 heteroatoms. The number of amides is 1. The van der Waals surface area contributed by atoms with Crippen molar-refractivity contribution in [3.8, 4) is 0 Å². The number of likely N-dealkylation sites (tertiary alicyclic amines) is 1. The summed E-state index contributed by atoms with van der Waals surface area (Å²) in [4.78, 5) is 24.0. The first kappa shape index (κ1) is 26.1. The van der Waals surface area contributed by atoms with Gasteiger partial charge < -0.3 is 15.5 Å². The number of hydrogen-bond donors (Lipinski definition) is 2. The van der Waals surface area contributed by atoms with Crippen LogP contribution in [0.2, 0.25) is 0 Å². The van der Waals surface area contributed by atoms with Gasteiger partial charge in [0.15, 0.2) is 5.96 Å². The van der Waals surface area contributed by atoms with Gasteiger partial charge in [0.05, 0.1) is 17.2 Å². The van der Waals surface area contributed by atoms with Crippen molar-refractivity contribution < 1.29 is 4.79 Å². The van der Waals surface area contributed by atoms with E-state index in [9.17, 15) is 4.79 Å². The zero-order valence-corrected chi connectivity index (χ0v) is 21.7. The summed E-state index contributed by atoms with van der Waals surface area (Å²) in [5.74, 6) is 1.80. The molecule has 0 spiro atoms. The van der Waals surface area contributed by atoms with E-state index in [-0.39, 0.29) is 29.9 Å². The van der Waals surface area contributed by atoms with Crippen molar-refractivity contribution >= 4 is 47.2 Å². The van der Waals surface area contributed by atoms with E-state index in [2.05, 4.69) is 55.6 Å². The zero-order valence-electron chi connectivity index (χ0n) is 18.5. The molecule has 0 bridgehead atoms. The van der Waals surface area contributed by atoms with Gasteiger partial charge in [0.1, 0.15) is 0 Å². The van der Waals surface area contributed by atoms with Crippen molar-refractivity contribution in [2.24, 2.45) is 10.9 Å². The number of carbonyl (C=O) groups is 1. The van der Waals surface area contributed by atoms with Crippen molar-refractivity contribution in [1.82, 2.24) is 20.5 Å². The van der Waals surface area contributed by atoms with Gasteiger partial charge in [-0.25, -0.2) is 9.98 Å². The Hall–Kier alpha value is -0.900. The van der Waals surface area contributed by atoms with Crippen LogP contribution in [0.3, 0.4) is 0 Å². The lowest BCUT2D eigenvalue weighted by Gasteiger charge is -2.34. The number of aliphatic imine (C=N–C) groups is 1. The number of thiazole rings is 1. The number of guanidine groups is 1. The Kier molecular flexibility index (Phi) is 12.1. The number of hydrogen-bond acceptors (Lipinski definition) is 4. The highest BCUT2D eigenvalue weighted by molar-refractivity contribution is 14.0. The van der Waals surface area contributed by atoms with Crippen LogP contribution in [0.4, 0.5) is 0 Å². The van der Waals surface area contributed by atoms with Gasteiger partial charge >= 0.3 is 0 Å². The van der Waals surface area contributed by atoms with E-state index in [1.54, 1.807) is 11.3 Å². The van der Waals surface area contributed by atoms with E-state index in [0.29, 0.717) is 24.4 Å². The summed E-state index contributed by atoms with van der Waals surface area (Å²) in [6.07, 6.45) is 3.79. The van der Waals surface area contributed by atoms with Crippen LogP contribution in [-0.2, 0) is 11.3 Å². The van der Waals surface area contributed by atoms with Gasteiger partial charge in [-0.3, -0.25) is 4.79 Å². The van der Waals surface area contributed by atoms with Gasteiger partial charge in [0.25, 0.3) is 0 Å². The third-order valence-electron chi connectivity index (χ3n) is 5.29. The normalized spacial score (nSPS) is 15.6. The SMILES string of the molecule is CCNC(=NCc1csc(C(C)C)n1)NC1CCN(C(=O)C(CC)CC)CC1.I. The largest absolute Gasteiger partial charge is 0.357 e. The van der Waals surface area contributed by atoms with Crippen molar-refractivity contribution in [3.05, 3.63) is 16.1 Å². The topological polar surface area (TPSA) is 69.6 Å². The molecule has 6 nitrogen and oxygen atoms in total. The molecule has 1 saturated heterocycles. The fourth-order valence-electron chi connectivity index (χ4n) is 3.47. The van der Waals surface area contributed by atoms with E-state index in [1.165, 1.54) is 0 Å². The monoisotopic (exact) mass is 535 g/mol. The van der Waals surface area contributed by atoms with Crippen LogP contribution >= 0.6 is 35.3 Å². The molecule has 0 aromatic carbocycles. The van der Waals surface area contributed by atoms with Crippen LogP contribution in [0.5, 0.6) is 0 Å². The molecule has 1 aromatic heterocycles. The first-order valence-corrected chi connectivity index (χ1v) is 11.6. The average molecular weight is 536 g/mol. The van der Waals surface area contributed by atoms with Gasteiger partial charge in [0.2, 0.25) is 5.91 Å². The second-order valence-corrected chi connectivity index (χ2v) is 8.67. The fourth-order valence-corrected chi connectivity index (χ4v) is 4.30. The molecule has 1 aromatic rings. The third-order valence-corrected chi connectivity index (χ3v) is 6.48. The summed E-state index contributed by atoms with van der Waals surface area (Å²) in [5.41, 5.74) is 1.02. The van der Waals surface area contributed by atoms with Crippen molar-refractivity contribution in [3.63, 3.8) is 0 Å². The standard InChI is InChI=1S/C21H37N5OS.HI/c1-6-16(7-2)20(27)26-11-9-17(10-12-26)25-21(22-8-3)23-13-18-14-28-19(24-18)15(4)5;/h14-17H,6-13H2,1-5H3,(H2,22,23,25);1H. The van der Waals surface area contributed by atoms with Crippen LogP contribution in [0.15, 0.2) is 10.4 Å². The summed E-state index contributed by atoms with van der Waals surface area (Å²) < 4.78 is 0. The first-order chi connectivity index (χ1) is 13.5. The molecule has 2 heterocycles. The number of nitrogens with one attached hydrogen (secondary N) is 2. The number of piperidine rings is 1. The molecular weight excluding hydrogens is 497 g/mol. The molecule has 0 atom stereocenters. The van der Waals surface area contributed by atoms with Crippen LogP contribution in [-0.4, -0.2) is 47.4 Å². The van der Waals surface area contributed by atoms with Gasteiger partial charge in [-0.15, -0.1) is 35.3 Å². The Morgan fingerprint density at radius 3 is 2.45 bits per heavy atom. The molecule has 1 aliphatic rings. The highest BCUT2D eigenvalue weighted by Gasteiger charge is 2.26. The summed E-state index contributed by atoms with van der Waals surface area (Å²) in [6, 6.07) is 0.352. The molecule has 0 aliphatic carbocycles. The maximum atomic E-state index is 12.6. The summed E-state index contributed by atoms with van der Waals surface area (Å²) >= 11 is 1.71. The number of halogens is 1. The Bertz CT molecular complexity index is 637. The molecular formula is C21H38IN5OS. The minimum absolute atomic E-state index is 0. The van der Waals surface area contributed by atoms with Gasteiger partial charge in [0, 0.05) is 42.9 Å². The minimum atomic E-state index is 0. The lowest BCUT2D eigenvalue weighted by Crippen LogP contribution is -2.50. The summed E-state index contributed by atoms with van der Waals surface area (Å²) in [6.45, 7) is 13.7. The summed E-state index contributed by atoms with van der Waals surface area (Å²) in [7, 11) is 0. The van der Waals surface area contributed by atoms with E-state index in [4.69, 9.17) is 4.99 Å². The predicted molar refractivity (Wildman–Crippen MR) is 133 cm³/mol. The Labute approximate surface area is 197 Å². The fraction of sp³-hybridized carbons (Fsp3) is 0.762. The lowest BCUT2D eigenvalue weighted by atomic mass is 9.98. The van der Waals surface area contributed by atoms with E-state index in [1.807, 2.05) is 4.90 Å². The smallest absolute Gasteiger partial charge is 0.225 e. The maximum Gasteiger partial charge on any atom is 0.225 e. The second kappa shape index (κ2) is 13.4. The molecule has 1 aliphatic heterocycles. The first-order valence-electron chi connectivity index (χ1n) is 10.8. The highest BCUT2D eigenvalue weighted by Crippen LogP contribution is 2.20. The number of aromatic nitrogens is 1. The molecule has 0 saturated carbocycles. The minimum Gasteiger partial charge on any atom is -0.357 e. The zero-order chi connectivity index (χ0) is 20.5. The van der Waals surface area contributed by atoms with E-state index >= 15 is 0 Å². The Morgan fingerprint density at radius 2 is 1.93 bits per heavy atom. The van der Waals surface area contributed by atoms with E-state index < -0.39 is 0 Å². The van der Waals surface area contributed by atoms with E-state index in [0.717, 1.165) is 62.0 Å². The molecule has 1 fully saturated rings. The maximum absolute atomic E-state index is 12.6. The molecule has 0 unspecified atom stereocenters. The van der Waals surface area contributed by atoms with Gasteiger partial charge in [-0.2, -0.15) is 0 Å². The Morgan fingerprint density at radius 1 is 1.28 bits per heavy atom. The van der Waals surface area contributed by atoms with Gasteiger partial charge in [-0.1, -0.05) is 27.7 Å². The van der Waals surface area contributed by atoms with Gasteiger partial charge in [-0.05, 0) is 32.6 Å². The predicted octanol–water partition coefficient (Wildman–Crippen LogP) is 4.37. The summed E-state index contributed by atoms with van der Waals surface area (Å²) in [5, 5.41) is 10.2. The molecule has 29 heavy (non-hydrogen) atoms. The number of carbonyl (C=O) groups excluding carboxylic acids is 1. The van der Waals surface area contributed by atoms with Crippen molar-refractivity contribution in [2.75, 3.05) is 19.6 Å². The number of nitrogens with zero attached hydrogens (tertiary/aromatic N) is 3. The van der Waals surface area contributed by atoms with Crippen LogP contribution < -0.4 is 10.6 Å². The molecule has 2 N–H and O–H groups in total. The molecule has 166 valence electrons. The highest BCUT2D eigenvalue weighted by atomic mass is 127. The lowest BCUT2D eigenvalue weighted by molar-refractivity contribution is -0.136. The molecule has 2 rings (SSSR count). The van der Waals surface area contributed by atoms with Crippen LogP contribution in [0, 0.1) is 5.92 Å². The average Bonchev–Trinajstić information content (AvgIpc) is 3.17. The quantitative estimate of drug-likeness (QED) is 0.295. The van der Waals surface area contributed by atoms with Crippen LogP contribution in [0.1, 0.15) is 76.9 Å². The Balaban J connectivity index is 0.00000420. The van der Waals surface area contributed by atoms with Crippen LogP contribution in [0.25, 0.3) is 0 Å². The number of rotatable bonds is 8. The van der Waals surface area contributed by atoms with Crippen molar-refractivity contribution in [2.45, 2.75) is 78.8 Å².